The van der Waals surface area contributed by atoms with Crippen LogP contribution in [0.1, 0.15) is 6.23 Å². The largest absolute Gasteiger partial charge is 1.00 e. The number of hydrogen-bond acceptors (Lipinski definition) is 11. The Hall–Kier alpha value is 0.340. The first kappa shape index (κ1) is 24.4. The minimum atomic E-state index is -5.21. The SMILES string of the molecule is CNc1ncnc2c1ncn2[C@@H]1O[C@H](COP(=O)([O-])[O-])[C@@H](O)[C@H]1O.[Na+].[Na+]. The zero-order chi connectivity index (χ0) is 17.5. The molecule has 15 heteroatoms. The second-order valence-corrected chi connectivity index (χ2v) is 6.24. The fraction of sp³-hybridized carbons (Fsp3) is 0.545. The van der Waals surface area contributed by atoms with Gasteiger partial charge in [-0.15, -0.1) is 0 Å². The fourth-order valence-electron chi connectivity index (χ4n) is 2.48. The van der Waals surface area contributed by atoms with Gasteiger partial charge >= 0.3 is 59.1 Å². The molecule has 3 N–H and O–H groups in total. The number of ether oxygens (including phenoxy) is 1. The molecule has 0 amide bonds. The van der Waals surface area contributed by atoms with Crippen molar-refractivity contribution in [3.05, 3.63) is 12.7 Å². The zero-order valence-electron chi connectivity index (χ0n) is 14.3. The van der Waals surface area contributed by atoms with Crippen molar-refractivity contribution in [3.63, 3.8) is 0 Å². The maximum absolute atomic E-state index is 10.5. The molecule has 0 saturated carbocycles. The number of phosphoric acid groups is 1. The van der Waals surface area contributed by atoms with E-state index in [1.807, 2.05) is 0 Å². The molecule has 26 heavy (non-hydrogen) atoms. The van der Waals surface area contributed by atoms with Crippen LogP contribution in [0.3, 0.4) is 0 Å². The van der Waals surface area contributed by atoms with E-state index in [0.29, 0.717) is 17.0 Å². The number of hydrogen-bond donors (Lipinski definition) is 3. The van der Waals surface area contributed by atoms with Crippen LogP contribution in [0.4, 0.5) is 5.82 Å². The predicted molar refractivity (Wildman–Crippen MR) is 74.4 cm³/mol. The average Bonchev–Trinajstić information content (AvgIpc) is 3.07. The average molecular weight is 405 g/mol. The van der Waals surface area contributed by atoms with Crippen LogP contribution in [0.25, 0.3) is 11.2 Å². The Kier molecular flexibility index (Phi) is 9.10. The van der Waals surface area contributed by atoms with Gasteiger partial charge in [0.1, 0.15) is 30.2 Å². The standard InChI is InChI=1S/C11H16N5O7P.2Na/c1-12-9-6-10(14-3-13-9)16(4-15-6)11-8(18)7(17)5(23-11)2-22-24(19,20)21;;/h3-5,7-8,11,17-18H,2H2,1H3,(H,12,13,14)(H2,19,20,21);;/q;2*+1/p-2/t5-,7-,8-,11-;;/m1../s1. The van der Waals surface area contributed by atoms with Crippen LogP contribution in [-0.2, 0) is 13.8 Å². The third kappa shape index (κ3) is 5.03. The molecule has 4 atom stereocenters. The minimum absolute atomic E-state index is 0. The summed E-state index contributed by atoms with van der Waals surface area (Å²) in [5.41, 5.74) is 0.763. The van der Waals surface area contributed by atoms with Crippen molar-refractivity contribution in [1.82, 2.24) is 19.5 Å². The molecule has 2 aromatic heterocycles. The normalized spacial score (nSPS) is 25.6. The van der Waals surface area contributed by atoms with Crippen LogP contribution in [0.2, 0.25) is 0 Å². The molecule has 0 aliphatic carbocycles. The van der Waals surface area contributed by atoms with Crippen molar-refractivity contribution in [2.24, 2.45) is 0 Å². The number of aliphatic hydroxyl groups is 2. The van der Waals surface area contributed by atoms with Gasteiger partial charge in [-0.1, -0.05) is 0 Å². The van der Waals surface area contributed by atoms with Crippen molar-refractivity contribution in [2.75, 3.05) is 19.0 Å². The van der Waals surface area contributed by atoms with E-state index < -0.39 is 39.0 Å². The summed E-state index contributed by atoms with van der Waals surface area (Å²) in [6.07, 6.45) is -2.52. The van der Waals surface area contributed by atoms with E-state index >= 15 is 0 Å². The van der Waals surface area contributed by atoms with Crippen LogP contribution in [0.15, 0.2) is 12.7 Å². The third-order valence-electron chi connectivity index (χ3n) is 3.60. The zero-order valence-corrected chi connectivity index (χ0v) is 19.2. The predicted octanol–water partition coefficient (Wildman–Crippen LogP) is -8.66. The summed E-state index contributed by atoms with van der Waals surface area (Å²) in [6.45, 7) is -0.706. The number of anilines is 1. The Morgan fingerprint density at radius 3 is 2.62 bits per heavy atom. The maximum atomic E-state index is 10.5. The number of rotatable bonds is 5. The Morgan fingerprint density at radius 1 is 1.31 bits per heavy atom. The van der Waals surface area contributed by atoms with Gasteiger partial charge in [0.05, 0.1) is 20.8 Å². The fourth-order valence-corrected chi connectivity index (χ4v) is 2.81. The van der Waals surface area contributed by atoms with E-state index in [-0.39, 0.29) is 59.1 Å². The van der Waals surface area contributed by atoms with E-state index in [1.54, 1.807) is 7.05 Å². The summed E-state index contributed by atoms with van der Waals surface area (Å²) in [6, 6.07) is 0. The molecule has 0 radical (unpaired) electrons. The molecule has 1 aliphatic heterocycles. The summed E-state index contributed by atoms with van der Waals surface area (Å²) in [4.78, 5) is 33.3. The van der Waals surface area contributed by atoms with Gasteiger partial charge in [-0.3, -0.25) is 4.57 Å². The number of aromatic nitrogens is 4. The molecule has 0 bridgehead atoms. The second-order valence-electron chi connectivity index (χ2n) is 5.09. The van der Waals surface area contributed by atoms with Crippen molar-refractivity contribution in [2.45, 2.75) is 24.5 Å². The van der Waals surface area contributed by atoms with Gasteiger partial charge in [-0.25, -0.2) is 15.0 Å². The number of imidazole rings is 1. The number of nitrogens with one attached hydrogen (secondary N) is 1. The molecule has 132 valence electrons. The van der Waals surface area contributed by atoms with E-state index in [4.69, 9.17) is 4.74 Å². The van der Waals surface area contributed by atoms with E-state index in [0.717, 1.165) is 0 Å². The number of aliphatic hydroxyl groups excluding tert-OH is 2. The van der Waals surface area contributed by atoms with E-state index in [9.17, 15) is 24.6 Å². The molecule has 2 aromatic rings. The van der Waals surface area contributed by atoms with Crippen LogP contribution in [-0.4, -0.2) is 61.7 Å². The van der Waals surface area contributed by atoms with Crippen molar-refractivity contribution >= 4 is 24.8 Å². The summed E-state index contributed by atoms with van der Waals surface area (Å²) >= 11 is 0. The van der Waals surface area contributed by atoms with Gasteiger partial charge < -0.3 is 39.1 Å². The Morgan fingerprint density at radius 2 is 2.00 bits per heavy atom. The minimum Gasteiger partial charge on any atom is -0.790 e. The molecule has 0 spiro atoms. The number of phosphoric ester groups is 1. The Balaban J connectivity index is 0.00000169. The Labute approximate surface area is 192 Å². The summed E-state index contributed by atoms with van der Waals surface area (Å²) in [7, 11) is -3.56. The van der Waals surface area contributed by atoms with E-state index in [1.165, 1.54) is 17.2 Å². The molecule has 0 aromatic carbocycles. The Bertz CT molecular complexity index is 789. The van der Waals surface area contributed by atoms with Crippen molar-refractivity contribution in [1.29, 1.82) is 0 Å². The molecule has 1 aliphatic rings. The van der Waals surface area contributed by atoms with Gasteiger partial charge in [-0.2, -0.15) is 0 Å². The molecular weight excluding hydrogens is 391 g/mol. The molecule has 3 rings (SSSR count). The summed E-state index contributed by atoms with van der Waals surface area (Å²) < 4.78 is 21.5. The second kappa shape index (κ2) is 9.70. The number of nitrogens with zero attached hydrogens (tertiary/aromatic N) is 4. The van der Waals surface area contributed by atoms with Crippen molar-refractivity contribution in [3.8, 4) is 0 Å². The summed E-state index contributed by atoms with van der Waals surface area (Å²) in [5, 5.41) is 23.0. The molecule has 0 unspecified atom stereocenters. The van der Waals surface area contributed by atoms with Gasteiger partial charge in [0, 0.05) is 7.05 Å². The molecular formula is C11H14N5Na2O7P. The van der Waals surface area contributed by atoms with Crippen LogP contribution < -0.4 is 74.2 Å². The van der Waals surface area contributed by atoms with Gasteiger partial charge in [0.2, 0.25) is 0 Å². The first-order valence-electron chi connectivity index (χ1n) is 6.85. The maximum Gasteiger partial charge on any atom is 1.00 e. The van der Waals surface area contributed by atoms with Gasteiger partial charge in [-0.05, 0) is 0 Å². The monoisotopic (exact) mass is 405 g/mol. The first-order valence-corrected chi connectivity index (χ1v) is 8.31. The third-order valence-corrected chi connectivity index (χ3v) is 4.07. The first-order chi connectivity index (χ1) is 11.3. The van der Waals surface area contributed by atoms with E-state index in [2.05, 4.69) is 24.8 Å². The van der Waals surface area contributed by atoms with Crippen molar-refractivity contribution < 1.29 is 92.9 Å². The van der Waals surface area contributed by atoms with Crippen LogP contribution in [0, 0.1) is 0 Å². The summed E-state index contributed by atoms with van der Waals surface area (Å²) in [5.74, 6) is 0.463. The molecule has 1 fully saturated rings. The molecule has 1 saturated heterocycles. The van der Waals surface area contributed by atoms with Gasteiger partial charge in [0.15, 0.2) is 17.7 Å². The molecule has 3 heterocycles. The molecule has 12 nitrogen and oxygen atoms in total. The van der Waals surface area contributed by atoms with Crippen LogP contribution >= 0.6 is 7.82 Å². The van der Waals surface area contributed by atoms with Crippen LogP contribution in [0.5, 0.6) is 0 Å². The topological polar surface area (TPSA) is 178 Å². The smallest absolute Gasteiger partial charge is 0.790 e. The number of fused-ring (bicyclic) bond motifs is 1. The van der Waals surface area contributed by atoms with Gasteiger partial charge in [0.25, 0.3) is 0 Å². The quantitative estimate of drug-likeness (QED) is 0.318.